The number of nitrogens with zero attached hydrogens (tertiary/aromatic N) is 6. The summed E-state index contributed by atoms with van der Waals surface area (Å²) in [4.78, 5) is 142. The van der Waals surface area contributed by atoms with Crippen molar-refractivity contribution in [2.45, 2.75) is 180 Å². The Balaban J connectivity index is 0.000000201. The van der Waals surface area contributed by atoms with E-state index in [4.69, 9.17) is 43.5 Å². The Labute approximate surface area is 733 Å². The summed E-state index contributed by atoms with van der Waals surface area (Å²) in [7, 11) is 7.89. The molecule has 0 radical (unpaired) electrons. The standard InChI is InChI=1S/C45H53N7O7.C43H50N6O5.C7H13NO5/c1-26(2)39(49-44(55)58-5)42(53)52-22-8-10-38(52)41-46-25-36(48-41)33-18-17-31-23-30(15-16-32(31)24-33)28-11-13-29(14-12-28)34-19-20-35(47-34)37-9-7-21-51(37)43(54)40(27(3)57-4)50-45(56)59-6;1-26(2)38(47-41(51)53-6)40(50)48-21-8-10-37(48)39-44-25-35(46-39)32-18-17-30-23-29(15-16-31(30)24-32)27-11-13-28(14-12-27)33-19-20-34(45-33)36-9-7-22-49(36)42(52)54-43(3,4)5;1-4(12-2)5(6(9)10)8-7(11)13-3/h11-20,23-27,37-40,47H,7-10,21-22H2,1-6H3,(H,46,48)(H,49,55)(H,50,56);11-20,23-26,36-38,45H,7-10,21-22H2,1-6H3,(H,44,46)(H,47,51);4-5H,1-3H3,(H,8,11)(H,9,10)/t27-,37+,38+,39+,40+;36-,37-,38-;4-,5+/m101/s1. The first-order valence-electron chi connectivity index (χ1n) is 42.8. The number of imidazole rings is 2. The van der Waals surface area contributed by atoms with E-state index in [-0.39, 0.29) is 59.8 Å². The number of alkyl carbamates (subject to hydrolysis) is 4. The molecule has 4 fully saturated rings. The number of hydrogen-bond donors (Lipinski definition) is 9. The minimum Gasteiger partial charge on any atom is -0.480 e. The van der Waals surface area contributed by atoms with Gasteiger partial charge < -0.3 is 94.2 Å². The number of H-pyrrole nitrogens is 4. The van der Waals surface area contributed by atoms with Crippen LogP contribution in [0.5, 0.6) is 0 Å². The second-order valence-electron chi connectivity index (χ2n) is 33.8. The molecule has 31 nitrogen and oxygen atoms in total. The second kappa shape index (κ2) is 41.2. The summed E-state index contributed by atoms with van der Waals surface area (Å²) >= 11 is 0. The van der Waals surface area contributed by atoms with Crippen LogP contribution in [0, 0.1) is 11.8 Å². The van der Waals surface area contributed by atoms with E-state index in [0.717, 1.165) is 170 Å². The number of methoxy groups -OCH3 is 6. The van der Waals surface area contributed by atoms with E-state index in [0.29, 0.717) is 26.2 Å². The maximum absolute atomic E-state index is 13.7. The van der Waals surface area contributed by atoms with Gasteiger partial charge in [0.05, 0.1) is 88.6 Å². The molecular formula is C95H116N14O17. The molecule has 4 aromatic heterocycles. The maximum atomic E-state index is 13.7. The number of aliphatic carboxylic acids is 1. The number of aromatic nitrogens is 6. The van der Waals surface area contributed by atoms with E-state index in [2.05, 4.69) is 179 Å². The normalized spacial score (nSPS) is 17.7. The molecule has 10 atom stereocenters. The smallest absolute Gasteiger partial charge is 0.410 e. The number of fused-ring (bicyclic) bond motifs is 2. The monoisotopic (exact) mass is 1720 g/mol. The van der Waals surface area contributed by atoms with Gasteiger partial charge >= 0.3 is 36.4 Å². The molecule has 14 rings (SSSR count). The Hall–Kier alpha value is -13.0. The van der Waals surface area contributed by atoms with Gasteiger partial charge in [0.1, 0.15) is 35.4 Å². The molecule has 8 amide bonds. The predicted octanol–water partition coefficient (Wildman–Crippen LogP) is 16.2. The molecule has 6 aromatic carbocycles. The highest BCUT2D eigenvalue weighted by Crippen LogP contribution is 2.41. The van der Waals surface area contributed by atoms with Crippen molar-refractivity contribution < 1.29 is 81.4 Å². The van der Waals surface area contributed by atoms with E-state index in [9.17, 15) is 43.2 Å². The lowest BCUT2D eigenvalue weighted by Crippen LogP contribution is -2.54. The first-order chi connectivity index (χ1) is 60.4. The Bertz CT molecular complexity index is 5500. The van der Waals surface area contributed by atoms with Gasteiger partial charge in [-0.1, -0.05) is 125 Å². The molecule has 0 aliphatic carbocycles. The molecule has 8 heterocycles. The fraction of sp³-hybridized carbons (Fsp3) is 0.421. The van der Waals surface area contributed by atoms with Crippen LogP contribution in [0.15, 0.2) is 158 Å². The molecule has 10 aromatic rings. The molecule has 9 N–H and O–H groups in total. The molecule has 31 heteroatoms. The number of hydrogen-bond acceptors (Lipinski definition) is 18. The Morgan fingerprint density at radius 1 is 0.373 bits per heavy atom. The summed E-state index contributed by atoms with van der Waals surface area (Å²) in [6.07, 6.45) is 6.34. The number of ether oxygens (including phenoxy) is 7. The number of carboxylic acid groups (broad SMARTS) is 1. The highest BCUT2D eigenvalue weighted by atomic mass is 16.6. The van der Waals surface area contributed by atoms with E-state index in [1.54, 1.807) is 6.92 Å². The molecule has 0 spiro atoms. The summed E-state index contributed by atoms with van der Waals surface area (Å²) in [6, 6.07) is 47.0. The molecule has 0 bridgehead atoms. The van der Waals surface area contributed by atoms with E-state index in [1.165, 1.54) is 42.5 Å². The van der Waals surface area contributed by atoms with Gasteiger partial charge in [0.2, 0.25) is 17.7 Å². The van der Waals surface area contributed by atoms with Crippen LogP contribution in [-0.4, -0.2) is 220 Å². The molecule has 0 saturated carbocycles. The topological polar surface area (TPSA) is 388 Å². The third-order valence-corrected chi connectivity index (χ3v) is 23.7. The highest BCUT2D eigenvalue weighted by molar-refractivity contribution is 5.94. The number of amides is 8. The van der Waals surface area contributed by atoms with Gasteiger partial charge in [-0.15, -0.1) is 0 Å². The summed E-state index contributed by atoms with van der Waals surface area (Å²) < 4.78 is 34.4. The van der Waals surface area contributed by atoms with Crippen LogP contribution in [0.4, 0.5) is 24.0 Å². The van der Waals surface area contributed by atoms with Crippen LogP contribution in [0.2, 0.25) is 0 Å². The van der Waals surface area contributed by atoms with Gasteiger partial charge in [0, 0.05) is 74.3 Å². The zero-order valence-electron chi connectivity index (χ0n) is 74.1. The number of nitrogens with one attached hydrogen (secondary N) is 8. The second-order valence-corrected chi connectivity index (χ2v) is 33.8. The summed E-state index contributed by atoms with van der Waals surface area (Å²) in [5.41, 5.74) is 13.7. The van der Waals surface area contributed by atoms with Gasteiger partial charge in [-0.25, -0.2) is 38.7 Å². The Morgan fingerprint density at radius 3 is 1.05 bits per heavy atom. The first-order valence-corrected chi connectivity index (χ1v) is 42.8. The minimum atomic E-state index is -1.17. The van der Waals surface area contributed by atoms with Crippen molar-refractivity contribution in [3.05, 3.63) is 181 Å². The molecule has 4 saturated heterocycles. The zero-order chi connectivity index (χ0) is 90.4. The number of aromatic amines is 4. The van der Waals surface area contributed by atoms with Crippen LogP contribution in [0.3, 0.4) is 0 Å². The number of likely N-dealkylation sites (tertiary alicyclic amines) is 4. The minimum absolute atomic E-state index is 0.0181. The van der Waals surface area contributed by atoms with Crippen molar-refractivity contribution in [3.63, 3.8) is 0 Å². The maximum Gasteiger partial charge on any atom is 0.410 e. The number of carbonyl (C=O) groups excluding carboxylic acids is 8. The Morgan fingerprint density at radius 2 is 0.683 bits per heavy atom. The SMILES string of the molecule is COC(=O)N[C@H](C(=O)N1CCC[C@H]1c1ncc(-c2ccc3cc(-c4ccc(-c5ccc([C@@H]6CCCN6C(=O)OC(C)(C)C)[nH]5)cc4)ccc3c2)[nH]1)C(C)C.COC(=O)N[C@H](C(=O)N1CCC[C@H]1c1ncc(-c2ccc3cc(-c4ccc(-c5ccc([C@@H]6CCCN6C(=O)[C@@H](NC(=O)OC)[C@@H](C)OC)[nH]5)cc4)ccc3c2)[nH]1)C(C)C.COC(=O)N[C@H](C(=O)O)[C@@H](C)OC. The van der Waals surface area contributed by atoms with Crippen LogP contribution in [0.25, 0.3) is 88.8 Å². The highest BCUT2D eigenvalue weighted by Gasteiger charge is 2.42. The van der Waals surface area contributed by atoms with Crippen molar-refractivity contribution in [1.29, 1.82) is 0 Å². The average Bonchev–Trinajstić information content (AvgIpc) is 1.79. The van der Waals surface area contributed by atoms with E-state index >= 15 is 0 Å². The number of carboxylic acids is 1. The third kappa shape index (κ3) is 21.8. The molecule has 4 aliphatic rings. The third-order valence-electron chi connectivity index (χ3n) is 23.7. The van der Waals surface area contributed by atoms with Crippen LogP contribution in [-0.2, 0) is 52.3 Å². The fourth-order valence-electron chi connectivity index (χ4n) is 16.7. The predicted molar refractivity (Wildman–Crippen MR) is 477 cm³/mol. The molecule has 0 unspecified atom stereocenters. The lowest BCUT2D eigenvalue weighted by Gasteiger charge is -2.31. The molecular weight excluding hydrogens is 1610 g/mol. The number of benzene rings is 6. The molecule has 126 heavy (non-hydrogen) atoms. The lowest BCUT2D eigenvalue weighted by atomic mass is 9.98. The van der Waals surface area contributed by atoms with Crippen LogP contribution < -0.4 is 21.3 Å². The largest absolute Gasteiger partial charge is 0.480 e. The van der Waals surface area contributed by atoms with E-state index < -0.39 is 72.3 Å². The van der Waals surface area contributed by atoms with E-state index in [1.807, 2.05) is 92.6 Å². The van der Waals surface area contributed by atoms with Crippen LogP contribution >= 0.6 is 0 Å². The quantitative estimate of drug-likeness (QED) is 0.0254. The Kier molecular flexibility index (Phi) is 30.1. The van der Waals surface area contributed by atoms with Gasteiger partial charge in [0.15, 0.2) is 6.04 Å². The van der Waals surface area contributed by atoms with Gasteiger partial charge in [-0.05, 0) is 201 Å². The first kappa shape index (κ1) is 92.2. The molecule has 4 aliphatic heterocycles. The van der Waals surface area contributed by atoms with Gasteiger partial charge in [-0.3, -0.25) is 19.3 Å². The van der Waals surface area contributed by atoms with Crippen molar-refractivity contribution in [3.8, 4) is 67.3 Å². The molecule has 668 valence electrons. The number of rotatable bonds is 24. The van der Waals surface area contributed by atoms with Crippen molar-refractivity contribution in [2.75, 3.05) is 68.8 Å². The number of carbonyl (C=O) groups is 9. The summed E-state index contributed by atoms with van der Waals surface area (Å²) in [5, 5.41) is 23.3. The summed E-state index contributed by atoms with van der Waals surface area (Å²) in [6.45, 7) is 19.1. The van der Waals surface area contributed by atoms with Crippen molar-refractivity contribution >= 4 is 75.7 Å². The lowest BCUT2D eigenvalue weighted by molar-refractivity contribution is -0.142. The van der Waals surface area contributed by atoms with Gasteiger partial charge in [-0.2, -0.15) is 0 Å². The van der Waals surface area contributed by atoms with Crippen molar-refractivity contribution in [2.24, 2.45) is 11.8 Å². The van der Waals surface area contributed by atoms with Crippen molar-refractivity contribution in [1.82, 2.24) is 70.8 Å². The average molecular weight is 1730 g/mol. The fourth-order valence-corrected chi connectivity index (χ4v) is 16.7. The summed E-state index contributed by atoms with van der Waals surface area (Å²) in [5.74, 6) is -0.365. The van der Waals surface area contributed by atoms with Crippen LogP contribution in [0.1, 0.15) is 161 Å². The zero-order valence-corrected chi connectivity index (χ0v) is 74.1. The van der Waals surface area contributed by atoms with Gasteiger partial charge in [0.25, 0.3) is 0 Å².